The number of aliphatic hydroxyl groups is 1. The van der Waals surface area contributed by atoms with Crippen molar-refractivity contribution in [2.75, 3.05) is 32.7 Å². The molecule has 0 radical (unpaired) electrons. The third-order valence-corrected chi connectivity index (χ3v) is 7.44. The molecule has 1 aromatic heterocycles. The van der Waals surface area contributed by atoms with Crippen LogP contribution in [-0.2, 0) is 32.1 Å². The summed E-state index contributed by atoms with van der Waals surface area (Å²) in [5.41, 5.74) is -1.75. The molecule has 0 aliphatic carbocycles. The molecular formula is C26H38N4O9. The van der Waals surface area contributed by atoms with Crippen LogP contribution in [0.2, 0.25) is 0 Å². The Morgan fingerprint density at radius 1 is 0.897 bits per heavy atom. The van der Waals surface area contributed by atoms with Crippen molar-refractivity contribution < 1.29 is 39.6 Å². The van der Waals surface area contributed by atoms with Gasteiger partial charge in [0.1, 0.15) is 5.82 Å². The van der Waals surface area contributed by atoms with Gasteiger partial charge in [0.2, 0.25) is 5.91 Å². The average molecular weight is 551 g/mol. The van der Waals surface area contributed by atoms with Crippen molar-refractivity contribution in [2.45, 2.75) is 82.3 Å². The summed E-state index contributed by atoms with van der Waals surface area (Å²) in [7, 11) is 0. The molecule has 1 amide bonds. The summed E-state index contributed by atoms with van der Waals surface area (Å²) < 4.78 is 1.85. The molecule has 4 rings (SSSR count). The Morgan fingerprint density at radius 3 is 2.13 bits per heavy atom. The van der Waals surface area contributed by atoms with E-state index in [0.717, 1.165) is 63.4 Å². The summed E-state index contributed by atoms with van der Waals surface area (Å²) in [5, 5.41) is 33.8. The number of likely N-dealkylation sites (tertiary alicyclic amines) is 2. The number of hydrogen-bond acceptors (Lipinski definition) is 8. The first-order valence-electron chi connectivity index (χ1n) is 13.5. The maximum atomic E-state index is 12.6. The number of carbonyl (C=O) groups excluding carboxylic acids is 1. The molecule has 39 heavy (non-hydrogen) atoms. The number of carbonyl (C=O) groups is 4. The first-order valence-corrected chi connectivity index (χ1v) is 13.5. The second-order valence-electron chi connectivity index (χ2n) is 10.5. The van der Waals surface area contributed by atoms with Gasteiger partial charge in [-0.2, -0.15) is 0 Å². The molecule has 1 unspecified atom stereocenters. The molecule has 0 aromatic carbocycles. The van der Waals surface area contributed by atoms with Crippen molar-refractivity contribution in [3.63, 3.8) is 0 Å². The summed E-state index contributed by atoms with van der Waals surface area (Å²) in [6.07, 6.45) is 6.57. The lowest BCUT2D eigenvalue weighted by molar-refractivity contribution is -0.170. The van der Waals surface area contributed by atoms with Crippen LogP contribution in [0.5, 0.6) is 0 Å². The molecule has 4 N–H and O–H groups in total. The summed E-state index contributed by atoms with van der Waals surface area (Å²) in [5.74, 6) is -3.62. The molecule has 3 aliphatic rings. The van der Waals surface area contributed by atoms with Crippen molar-refractivity contribution in [1.82, 2.24) is 19.4 Å². The Hall–Kier alpha value is -3.32. The van der Waals surface area contributed by atoms with Crippen LogP contribution in [0.1, 0.15) is 75.2 Å². The van der Waals surface area contributed by atoms with Gasteiger partial charge in [-0.15, -0.1) is 0 Å². The Morgan fingerprint density at radius 2 is 1.51 bits per heavy atom. The van der Waals surface area contributed by atoms with E-state index in [4.69, 9.17) is 25.4 Å². The van der Waals surface area contributed by atoms with Crippen LogP contribution in [0.4, 0.5) is 0 Å². The predicted molar refractivity (Wildman–Crippen MR) is 137 cm³/mol. The Bertz CT molecular complexity index is 1100. The first-order chi connectivity index (χ1) is 18.5. The second kappa shape index (κ2) is 13.7. The SMILES string of the molecule is O=C(CN1CCCCC1)N1CCC(c2cc(=O)n3c(n2)CCCCC3)C1.O=C(O)CC(O)(CC(=O)O)C(=O)O. The van der Waals surface area contributed by atoms with Crippen molar-refractivity contribution >= 4 is 23.8 Å². The van der Waals surface area contributed by atoms with Crippen molar-refractivity contribution in [2.24, 2.45) is 0 Å². The van der Waals surface area contributed by atoms with E-state index in [0.29, 0.717) is 13.1 Å². The lowest BCUT2D eigenvalue weighted by atomic mass is 9.96. The molecular weight excluding hydrogens is 512 g/mol. The van der Waals surface area contributed by atoms with Crippen molar-refractivity contribution in [3.8, 4) is 0 Å². The molecule has 1 atom stereocenters. The summed E-state index contributed by atoms with van der Waals surface area (Å²) >= 11 is 0. The van der Waals surface area contributed by atoms with Gasteiger partial charge in [-0.3, -0.25) is 28.6 Å². The van der Waals surface area contributed by atoms with Gasteiger partial charge in [0.25, 0.3) is 5.56 Å². The highest BCUT2D eigenvalue weighted by Gasteiger charge is 2.40. The Labute approximate surface area is 226 Å². The monoisotopic (exact) mass is 550 g/mol. The minimum atomic E-state index is -2.74. The van der Waals surface area contributed by atoms with Crippen molar-refractivity contribution in [3.05, 3.63) is 27.9 Å². The summed E-state index contributed by atoms with van der Waals surface area (Å²) in [6.45, 7) is 4.94. The Balaban J connectivity index is 0.000000276. The normalized spacial score (nSPS) is 19.8. The number of hydrogen-bond donors (Lipinski definition) is 4. The van der Waals surface area contributed by atoms with Gasteiger partial charge in [-0.25, -0.2) is 9.78 Å². The van der Waals surface area contributed by atoms with Gasteiger partial charge < -0.3 is 25.3 Å². The molecule has 13 heteroatoms. The third-order valence-electron chi connectivity index (χ3n) is 7.44. The van der Waals surface area contributed by atoms with Crippen LogP contribution in [0.3, 0.4) is 0 Å². The smallest absolute Gasteiger partial charge is 0.336 e. The van der Waals surface area contributed by atoms with Crippen molar-refractivity contribution in [1.29, 1.82) is 0 Å². The number of carboxylic acids is 3. The Kier molecular flexibility index (Phi) is 10.6. The number of rotatable bonds is 8. The maximum Gasteiger partial charge on any atom is 0.336 e. The van der Waals surface area contributed by atoms with E-state index in [9.17, 15) is 24.0 Å². The van der Waals surface area contributed by atoms with Gasteiger partial charge in [0, 0.05) is 38.0 Å². The molecule has 13 nitrogen and oxygen atoms in total. The lowest BCUT2D eigenvalue weighted by Gasteiger charge is -2.28. The minimum Gasteiger partial charge on any atom is -0.481 e. The van der Waals surface area contributed by atoms with Gasteiger partial charge in [-0.1, -0.05) is 12.8 Å². The van der Waals surface area contributed by atoms with Crippen LogP contribution in [0, 0.1) is 0 Å². The molecule has 0 bridgehead atoms. The number of aromatic nitrogens is 2. The molecule has 3 aliphatic heterocycles. The topological polar surface area (TPSA) is 191 Å². The number of nitrogens with zero attached hydrogens (tertiary/aromatic N) is 4. The lowest BCUT2D eigenvalue weighted by Crippen LogP contribution is -2.42. The van der Waals surface area contributed by atoms with Gasteiger partial charge in [-0.05, 0) is 45.2 Å². The quantitative estimate of drug-likeness (QED) is 0.353. The van der Waals surface area contributed by atoms with E-state index in [1.165, 1.54) is 25.7 Å². The first kappa shape index (κ1) is 30.2. The molecule has 216 valence electrons. The highest BCUT2D eigenvalue weighted by atomic mass is 16.4. The fourth-order valence-electron chi connectivity index (χ4n) is 5.29. The van der Waals surface area contributed by atoms with Crippen LogP contribution in [0.15, 0.2) is 10.9 Å². The molecule has 0 spiro atoms. The van der Waals surface area contributed by atoms with E-state index < -0.39 is 36.4 Å². The van der Waals surface area contributed by atoms with Gasteiger partial charge >= 0.3 is 17.9 Å². The van der Waals surface area contributed by atoms with E-state index >= 15 is 0 Å². The number of amides is 1. The fourth-order valence-corrected chi connectivity index (χ4v) is 5.29. The highest BCUT2D eigenvalue weighted by molar-refractivity contribution is 5.88. The summed E-state index contributed by atoms with van der Waals surface area (Å²) in [4.78, 5) is 64.7. The number of aryl methyl sites for hydroxylation is 1. The van der Waals surface area contributed by atoms with Crippen LogP contribution < -0.4 is 5.56 Å². The number of carboxylic acid groups (broad SMARTS) is 3. The molecule has 0 saturated carbocycles. The predicted octanol–water partition coefficient (Wildman–Crippen LogP) is 0.523. The van der Waals surface area contributed by atoms with E-state index in [-0.39, 0.29) is 17.4 Å². The van der Waals surface area contributed by atoms with Crippen LogP contribution in [-0.4, -0.2) is 102 Å². The molecule has 1 aromatic rings. The second-order valence-corrected chi connectivity index (χ2v) is 10.5. The van der Waals surface area contributed by atoms with E-state index in [2.05, 4.69) is 4.90 Å². The van der Waals surface area contributed by atoms with E-state index in [1.54, 1.807) is 6.07 Å². The highest BCUT2D eigenvalue weighted by Crippen LogP contribution is 2.26. The van der Waals surface area contributed by atoms with Gasteiger partial charge in [0.05, 0.1) is 25.1 Å². The zero-order valence-electron chi connectivity index (χ0n) is 22.1. The molecule has 2 saturated heterocycles. The standard InChI is InChI=1S/C20H30N4O2.C6H8O7/c25-19-13-17(21-18-7-3-1-6-11-24(18)19)16-8-12-23(14-16)20(26)15-22-9-4-2-5-10-22;7-3(8)1-6(13,5(11)12)2-4(9)10/h13,16H,1-12,14-15H2;13H,1-2H2,(H,7,8)(H,9,10)(H,11,12). The zero-order chi connectivity index (χ0) is 28.6. The molecule has 2 fully saturated rings. The number of aliphatic carboxylic acids is 3. The molecule has 4 heterocycles. The zero-order valence-corrected chi connectivity index (χ0v) is 22.1. The minimum absolute atomic E-state index is 0.0880. The van der Waals surface area contributed by atoms with Crippen LogP contribution in [0.25, 0.3) is 0 Å². The largest absolute Gasteiger partial charge is 0.481 e. The fraction of sp³-hybridized carbons (Fsp3) is 0.692. The third kappa shape index (κ3) is 8.59. The van der Waals surface area contributed by atoms with Gasteiger partial charge in [0.15, 0.2) is 5.60 Å². The number of piperidine rings is 1. The van der Waals surface area contributed by atoms with E-state index in [1.807, 2.05) is 9.47 Å². The number of fused-ring (bicyclic) bond motifs is 1. The summed E-state index contributed by atoms with van der Waals surface area (Å²) in [6, 6.07) is 1.72. The maximum absolute atomic E-state index is 12.6. The average Bonchev–Trinajstić information content (AvgIpc) is 3.23. The van der Waals surface area contributed by atoms with Crippen LogP contribution >= 0.6 is 0 Å².